The molecule has 1 aromatic heterocycles. The number of fused-ring (bicyclic) bond motifs is 1. The van der Waals surface area contributed by atoms with E-state index in [0.29, 0.717) is 6.61 Å². The monoisotopic (exact) mass is 229 g/mol. The highest BCUT2D eigenvalue weighted by Gasteiger charge is 2.38. The lowest BCUT2D eigenvalue weighted by atomic mass is 9.79. The Balaban J connectivity index is 1.96. The predicted molar refractivity (Wildman–Crippen MR) is 69.4 cm³/mol. The van der Waals surface area contributed by atoms with Crippen molar-refractivity contribution in [1.82, 2.24) is 4.57 Å². The van der Waals surface area contributed by atoms with Gasteiger partial charge in [0, 0.05) is 18.8 Å². The number of benzene rings is 1. The minimum absolute atomic E-state index is 0.184. The summed E-state index contributed by atoms with van der Waals surface area (Å²) in [5, 5.41) is 1.22. The fourth-order valence-corrected chi connectivity index (χ4v) is 2.25. The van der Waals surface area contributed by atoms with Gasteiger partial charge >= 0.3 is 7.12 Å². The maximum absolute atomic E-state index is 5.86. The highest BCUT2D eigenvalue weighted by Crippen LogP contribution is 2.21. The van der Waals surface area contributed by atoms with Crippen molar-refractivity contribution < 1.29 is 9.31 Å². The van der Waals surface area contributed by atoms with Gasteiger partial charge in [0.05, 0.1) is 12.2 Å². The maximum Gasteiger partial charge on any atom is 0.494 e. The first kappa shape index (κ1) is 10.9. The van der Waals surface area contributed by atoms with E-state index >= 15 is 0 Å². The molecule has 1 aliphatic heterocycles. The third-order valence-corrected chi connectivity index (χ3v) is 3.19. The lowest BCUT2D eigenvalue weighted by Crippen LogP contribution is -2.34. The molecule has 0 aliphatic carbocycles. The molecule has 2 heterocycles. The van der Waals surface area contributed by atoms with Gasteiger partial charge in [-0.15, -0.1) is 0 Å². The summed E-state index contributed by atoms with van der Waals surface area (Å²) in [5.41, 5.74) is 2.14. The van der Waals surface area contributed by atoms with Gasteiger partial charge in [0.25, 0.3) is 0 Å². The van der Waals surface area contributed by atoms with Crippen LogP contribution in [0, 0.1) is 0 Å². The molecule has 3 nitrogen and oxygen atoms in total. The molecule has 0 unspecified atom stereocenters. The summed E-state index contributed by atoms with van der Waals surface area (Å²) >= 11 is 0. The van der Waals surface area contributed by atoms with Crippen LogP contribution >= 0.6 is 0 Å². The van der Waals surface area contributed by atoms with Gasteiger partial charge in [-0.25, -0.2) is 0 Å². The van der Waals surface area contributed by atoms with Crippen LogP contribution in [0.15, 0.2) is 30.5 Å². The molecule has 3 rings (SSSR count). The first-order valence-electron chi connectivity index (χ1n) is 5.90. The van der Waals surface area contributed by atoms with E-state index in [-0.39, 0.29) is 12.7 Å². The third-order valence-electron chi connectivity index (χ3n) is 3.19. The molecule has 1 fully saturated rings. The number of hydrogen-bond acceptors (Lipinski definition) is 2. The molecule has 0 N–H and O–H groups in total. The number of hydrogen-bond donors (Lipinski definition) is 0. The molecule has 0 bridgehead atoms. The summed E-state index contributed by atoms with van der Waals surface area (Å²) in [6.07, 6.45) is 2.06. The summed E-state index contributed by atoms with van der Waals surface area (Å²) in [5.74, 6) is 0. The Hall–Kier alpha value is -1.26. The second kappa shape index (κ2) is 3.62. The zero-order valence-electron chi connectivity index (χ0n) is 10.4. The summed E-state index contributed by atoms with van der Waals surface area (Å²) in [6.45, 7) is 4.74. The third kappa shape index (κ3) is 1.87. The highest BCUT2D eigenvalue weighted by atomic mass is 16.7. The molecule has 17 heavy (non-hydrogen) atoms. The molecule has 0 saturated carbocycles. The Bertz CT molecular complexity index is 562. The van der Waals surface area contributed by atoms with Crippen molar-refractivity contribution in [3.05, 3.63) is 30.5 Å². The Kier molecular flexibility index (Phi) is 2.31. The van der Waals surface area contributed by atoms with Crippen LogP contribution in [0.2, 0.25) is 0 Å². The van der Waals surface area contributed by atoms with Crippen LogP contribution in [0.3, 0.4) is 0 Å². The van der Waals surface area contributed by atoms with Crippen LogP contribution in [0.4, 0.5) is 0 Å². The van der Waals surface area contributed by atoms with Crippen molar-refractivity contribution in [2.24, 2.45) is 7.05 Å². The second-order valence-corrected chi connectivity index (χ2v) is 5.27. The van der Waals surface area contributed by atoms with Gasteiger partial charge < -0.3 is 13.9 Å². The fourth-order valence-electron chi connectivity index (χ4n) is 2.25. The van der Waals surface area contributed by atoms with Crippen LogP contribution in [0.25, 0.3) is 10.9 Å². The Morgan fingerprint density at radius 3 is 2.82 bits per heavy atom. The molecular weight excluding hydrogens is 213 g/mol. The van der Waals surface area contributed by atoms with Crippen molar-refractivity contribution in [2.45, 2.75) is 19.4 Å². The van der Waals surface area contributed by atoms with Gasteiger partial charge in [0.15, 0.2) is 0 Å². The molecule has 0 atom stereocenters. The van der Waals surface area contributed by atoms with E-state index in [0.717, 1.165) is 5.46 Å². The van der Waals surface area contributed by atoms with Gasteiger partial charge in [0.2, 0.25) is 0 Å². The molecule has 0 spiro atoms. The van der Waals surface area contributed by atoms with E-state index in [1.54, 1.807) is 0 Å². The average Bonchev–Trinajstić information content (AvgIpc) is 2.82. The van der Waals surface area contributed by atoms with E-state index in [1.165, 1.54) is 10.9 Å². The number of nitrogens with zero attached hydrogens (tertiary/aromatic N) is 1. The summed E-state index contributed by atoms with van der Waals surface area (Å²) in [7, 11) is 1.82. The Morgan fingerprint density at radius 2 is 2.12 bits per heavy atom. The molecule has 88 valence electrons. The van der Waals surface area contributed by atoms with Gasteiger partial charge in [-0.2, -0.15) is 0 Å². The molecule has 4 heteroatoms. The lowest BCUT2D eigenvalue weighted by Gasteiger charge is -2.15. The predicted octanol–water partition coefficient (Wildman–Crippen LogP) is 1.70. The van der Waals surface area contributed by atoms with Gasteiger partial charge in [-0.05, 0) is 36.8 Å². The SMILES string of the molecule is Cn1ccc2cc(B3OCC(C)(C)O3)ccc21. The smallest absolute Gasteiger partial charge is 0.404 e. The Labute approximate surface area is 101 Å². The van der Waals surface area contributed by atoms with Crippen molar-refractivity contribution in [3.63, 3.8) is 0 Å². The summed E-state index contributed by atoms with van der Waals surface area (Å²) < 4.78 is 13.7. The van der Waals surface area contributed by atoms with Crippen LogP contribution in [-0.2, 0) is 16.4 Å². The quantitative estimate of drug-likeness (QED) is 0.695. The van der Waals surface area contributed by atoms with Gasteiger partial charge in [-0.1, -0.05) is 12.1 Å². The molecule has 0 amide bonds. The topological polar surface area (TPSA) is 23.4 Å². The van der Waals surface area contributed by atoms with E-state index in [9.17, 15) is 0 Å². The van der Waals surface area contributed by atoms with Crippen LogP contribution in [-0.4, -0.2) is 23.9 Å². The van der Waals surface area contributed by atoms with E-state index in [2.05, 4.69) is 35.0 Å². The zero-order chi connectivity index (χ0) is 12.0. The first-order valence-corrected chi connectivity index (χ1v) is 5.90. The Morgan fingerprint density at radius 1 is 1.29 bits per heavy atom. The van der Waals surface area contributed by atoms with Crippen LogP contribution in [0.5, 0.6) is 0 Å². The standard InChI is InChI=1S/C13H16BNO2/c1-13(2)9-16-14(17-13)11-4-5-12-10(8-11)6-7-15(12)3/h4-8H,9H2,1-3H3. The highest BCUT2D eigenvalue weighted by molar-refractivity contribution is 6.62. The van der Waals surface area contributed by atoms with E-state index < -0.39 is 0 Å². The maximum atomic E-state index is 5.86. The largest absolute Gasteiger partial charge is 0.494 e. The van der Waals surface area contributed by atoms with E-state index in [4.69, 9.17) is 9.31 Å². The van der Waals surface area contributed by atoms with Gasteiger partial charge in [0.1, 0.15) is 0 Å². The second-order valence-electron chi connectivity index (χ2n) is 5.27. The number of aryl methyl sites for hydroxylation is 1. The van der Waals surface area contributed by atoms with Crippen molar-refractivity contribution in [2.75, 3.05) is 6.61 Å². The van der Waals surface area contributed by atoms with Crippen LogP contribution < -0.4 is 5.46 Å². The minimum atomic E-state index is -0.227. The molecule has 2 aromatic rings. The zero-order valence-corrected chi connectivity index (χ0v) is 10.4. The summed E-state index contributed by atoms with van der Waals surface area (Å²) in [6, 6.07) is 8.44. The summed E-state index contributed by atoms with van der Waals surface area (Å²) in [4.78, 5) is 0. The molecule has 1 saturated heterocycles. The van der Waals surface area contributed by atoms with Crippen LogP contribution in [0.1, 0.15) is 13.8 Å². The van der Waals surface area contributed by atoms with Crippen molar-refractivity contribution >= 4 is 23.5 Å². The van der Waals surface area contributed by atoms with E-state index in [1.807, 2.05) is 20.9 Å². The van der Waals surface area contributed by atoms with Gasteiger partial charge in [-0.3, -0.25) is 0 Å². The van der Waals surface area contributed by atoms with Crippen molar-refractivity contribution in [3.8, 4) is 0 Å². The lowest BCUT2D eigenvalue weighted by molar-refractivity contribution is 0.137. The first-order chi connectivity index (χ1) is 8.05. The van der Waals surface area contributed by atoms with Crippen molar-refractivity contribution in [1.29, 1.82) is 0 Å². The number of rotatable bonds is 1. The molecule has 0 radical (unpaired) electrons. The molecular formula is C13H16BNO2. The molecule has 1 aliphatic rings. The average molecular weight is 229 g/mol. The number of aromatic nitrogens is 1. The fraction of sp³-hybridized carbons (Fsp3) is 0.385. The molecule has 1 aromatic carbocycles. The normalized spacial score (nSPS) is 19.1. The minimum Gasteiger partial charge on any atom is -0.404 e.